The Morgan fingerprint density at radius 2 is 1.77 bits per heavy atom. The van der Waals surface area contributed by atoms with Gasteiger partial charge in [0, 0.05) is 12.0 Å². The summed E-state index contributed by atoms with van der Waals surface area (Å²) < 4.78 is 9.88. The molecule has 30 heavy (non-hydrogen) atoms. The van der Waals surface area contributed by atoms with Gasteiger partial charge in [0.2, 0.25) is 0 Å². The van der Waals surface area contributed by atoms with Crippen LogP contribution in [0.1, 0.15) is 29.5 Å². The highest BCUT2D eigenvalue weighted by molar-refractivity contribution is 6.05. The quantitative estimate of drug-likeness (QED) is 0.346. The summed E-state index contributed by atoms with van der Waals surface area (Å²) >= 11 is 0. The van der Waals surface area contributed by atoms with E-state index < -0.39 is 23.3 Å². The Hall–Kier alpha value is -3.64. The minimum atomic E-state index is -1.77. The third-order valence-electron chi connectivity index (χ3n) is 4.82. The largest absolute Gasteiger partial charge is 0.469 e. The van der Waals surface area contributed by atoms with E-state index in [2.05, 4.69) is 13.2 Å². The van der Waals surface area contributed by atoms with Gasteiger partial charge in [-0.25, -0.2) is 4.79 Å². The molecule has 6 nitrogen and oxygen atoms in total. The first-order valence-electron chi connectivity index (χ1n) is 9.29. The third kappa shape index (κ3) is 4.85. The molecule has 1 aromatic rings. The molecule has 156 valence electrons. The Labute approximate surface area is 177 Å². The molecule has 1 rings (SSSR count). The van der Waals surface area contributed by atoms with Crippen molar-refractivity contribution in [2.45, 2.75) is 26.7 Å². The summed E-state index contributed by atoms with van der Waals surface area (Å²) in [6.07, 6.45) is 2.92. The Morgan fingerprint density at radius 1 is 1.13 bits per heavy atom. The molecule has 0 aliphatic heterocycles. The minimum absolute atomic E-state index is 0.0505. The molecule has 0 amide bonds. The molecule has 1 atom stereocenters. The summed E-state index contributed by atoms with van der Waals surface area (Å²) in [4.78, 5) is 25.6. The normalized spacial score (nSPS) is 12.5. The fraction of sp³-hybridized carbons (Fsp3) is 0.333. The number of rotatable bonds is 9. The van der Waals surface area contributed by atoms with Crippen molar-refractivity contribution in [3.05, 3.63) is 65.8 Å². The highest BCUT2D eigenvalue weighted by Gasteiger charge is 2.43. The molecule has 0 aromatic heterocycles. The molecule has 0 heterocycles. The number of hydrogen-bond acceptors (Lipinski definition) is 6. The summed E-state index contributed by atoms with van der Waals surface area (Å²) in [5, 5.41) is 20.1. The van der Waals surface area contributed by atoms with Gasteiger partial charge in [-0.15, -0.1) is 13.2 Å². The molecule has 1 aromatic carbocycles. The van der Waals surface area contributed by atoms with Gasteiger partial charge in [-0.1, -0.05) is 35.9 Å². The van der Waals surface area contributed by atoms with Crippen molar-refractivity contribution in [1.82, 2.24) is 0 Å². The maximum absolute atomic E-state index is 13.0. The van der Waals surface area contributed by atoms with E-state index in [1.54, 1.807) is 6.07 Å². The van der Waals surface area contributed by atoms with Gasteiger partial charge in [0.1, 0.15) is 0 Å². The topological polar surface area (TPSA) is 100 Å². The van der Waals surface area contributed by atoms with Crippen LogP contribution in [0.2, 0.25) is 0 Å². The Balaban J connectivity index is 4.27. The summed E-state index contributed by atoms with van der Waals surface area (Å²) in [6, 6.07) is 9.51. The van der Waals surface area contributed by atoms with Crippen LogP contribution in [0.4, 0.5) is 0 Å². The molecule has 0 bridgehead atoms. The first kappa shape index (κ1) is 24.4. The molecular formula is C24H26N2O4. The van der Waals surface area contributed by atoms with Crippen LogP contribution in [-0.4, -0.2) is 26.2 Å². The second-order valence-corrected chi connectivity index (χ2v) is 6.82. The lowest BCUT2D eigenvalue weighted by atomic mass is 9.71. The van der Waals surface area contributed by atoms with Crippen LogP contribution in [0.25, 0.3) is 5.57 Å². The number of allylic oxidation sites excluding steroid dienone is 3. The maximum atomic E-state index is 13.0. The van der Waals surface area contributed by atoms with E-state index in [1.807, 2.05) is 38.1 Å². The molecule has 0 aliphatic carbocycles. The second-order valence-electron chi connectivity index (χ2n) is 6.82. The van der Waals surface area contributed by atoms with Crippen molar-refractivity contribution < 1.29 is 19.1 Å². The van der Waals surface area contributed by atoms with Gasteiger partial charge in [0.15, 0.2) is 5.41 Å². The van der Waals surface area contributed by atoms with E-state index in [0.717, 1.165) is 11.1 Å². The van der Waals surface area contributed by atoms with E-state index in [1.165, 1.54) is 26.4 Å². The summed E-state index contributed by atoms with van der Waals surface area (Å²) in [5.74, 6) is -2.61. The molecule has 6 heteroatoms. The third-order valence-corrected chi connectivity index (χ3v) is 4.82. The monoisotopic (exact) mass is 406 g/mol. The van der Waals surface area contributed by atoms with Crippen LogP contribution in [0, 0.1) is 47.8 Å². The Kier molecular flexibility index (Phi) is 8.77. The summed E-state index contributed by atoms with van der Waals surface area (Å²) in [5.41, 5.74) is 0.472. The number of hydrogen-bond donors (Lipinski definition) is 0. The molecule has 0 fully saturated rings. The van der Waals surface area contributed by atoms with Gasteiger partial charge >= 0.3 is 11.9 Å². The lowest BCUT2D eigenvalue weighted by Gasteiger charge is -2.28. The highest BCUT2D eigenvalue weighted by Crippen LogP contribution is 2.44. The average molecular weight is 406 g/mol. The van der Waals surface area contributed by atoms with E-state index in [4.69, 9.17) is 9.47 Å². The van der Waals surface area contributed by atoms with E-state index in [-0.39, 0.29) is 24.0 Å². The van der Waals surface area contributed by atoms with Crippen molar-refractivity contribution >= 4 is 17.5 Å². The lowest BCUT2D eigenvalue weighted by molar-refractivity contribution is -0.147. The molecule has 0 spiro atoms. The van der Waals surface area contributed by atoms with Crippen molar-refractivity contribution in [1.29, 1.82) is 10.5 Å². The predicted molar refractivity (Wildman–Crippen MR) is 114 cm³/mol. The first-order valence-corrected chi connectivity index (χ1v) is 9.29. The number of ether oxygens (including phenoxy) is 2. The summed E-state index contributed by atoms with van der Waals surface area (Å²) in [7, 11) is 2.38. The molecule has 0 N–H and O–H groups in total. The molecule has 0 aliphatic rings. The van der Waals surface area contributed by atoms with E-state index in [9.17, 15) is 20.1 Å². The van der Waals surface area contributed by atoms with Crippen LogP contribution in [0.3, 0.4) is 0 Å². The standard InChI is InChI=1S/C24H26N2O4/c1-7-9-19(22(27)29-5)20(23(28)30-6)21(24(14-25,15-26)12-8-2)18-11-10-16(3)13-17(18)4/h7-8,10-11,13,19H,1-2,9,12H2,3-6H3/b21-20-. The number of esters is 2. The molecule has 1 unspecified atom stereocenters. The lowest BCUT2D eigenvalue weighted by Crippen LogP contribution is -2.30. The molecule has 0 saturated heterocycles. The zero-order chi connectivity index (χ0) is 22.9. The first-order chi connectivity index (χ1) is 14.3. The number of nitrogens with zero attached hydrogens (tertiary/aromatic N) is 2. The average Bonchev–Trinajstić information content (AvgIpc) is 2.74. The number of benzene rings is 1. The Bertz CT molecular complexity index is 946. The van der Waals surface area contributed by atoms with Gasteiger partial charge in [-0.05, 0) is 31.4 Å². The van der Waals surface area contributed by atoms with Crippen LogP contribution in [0.15, 0.2) is 49.1 Å². The van der Waals surface area contributed by atoms with E-state index >= 15 is 0 Å². The van der Waals surface area contributed by atoms with E-state index in [0.29, 0.717) is 5.56 Å². The van der Waals surface area contributed by atoms with Crippen molar-refractivity contribution in [2.75, 3.05) is 14.2 Å². The number of methoxy groups -OCH3 is 2. The number of aryl methyl sites for hydroxylation is 2. The second kappa shape index (κ2) is 10.8. The predicted octanol–water partition coefficient (Wildman–Crippen LogP) is 4.21. The van der Waals surface area contributed by atoms with Crippen LogP contribution in [0.5, 0.6) is 0 Å². The van der Waals surface area contributed by atoms with Crippen LogP contribution >= 0.6 is 0 Å². The maximum Gasteiger partial charge on any atom is 0.335 e. The smallest absolute Gasteiger partial charge is 0.335 e. The molecule has 0 saturated carbocycles. The molecular weight excluding hydrogens is 380 g/mol. The van der Waals surface area contributed by atoms with Gasteiger partial charge in [-0.2, -0.15) is 10.5 Å². The summed E-state index contributed by atoms with van der Waals surface area (Å²) in [6.45, 7) is 11.0. The van der Waals surface area contributed by atoms with Crippen molar-refractivity contribution in [2.24, 2.45) is 11.3 Å². The number of carbonyl (C=O) groups excluding carboxylic acids is 2. The zero-order valence-electron chi connectivity index (χ0n) is 17.8. The van der Waals surface area contributed by atoms with Gasteiger partial charge in [-0.3, -0.25) is 4.79 Å². The van der Waals surface area contributed by atoms with Gasteiger partial charge in [0.05, 0.1) is 37.8 Å². The Morgan fingerprint density at radius 3 is 2.20 bits per heavy atom. The molecule has 0 radical (unpaired) electrons. The SMILES string of the molecule is C=CCC(C(=O)OC)/C(C(=O)OC)=C(\c1ccc(C)cc1C)C(C#N)(C#N)CC=C. The highest BCUT2D eigenvalue weighted by atomic mass is 16.5. The van der Waals surface area contributed by atoms with Crippen molar-refractivity contribution in [3.63, 3.8) is 0 Å². The number of nitriles is 2. The fourth-order valence-electron chi connectivity index (χ4n) is 3.41. The van der Waals surface area contributed by atoms with Crippen molar-refractivity contribution in [3.8, 4) is 12.1 Å². The van der Waals surface area contributed by atoms with Gasteiger partial charge < -0.3 is 9.47 Å². The fourth-order valence-corrected chi connectivity index (χ4v) is 3.41. The number of carbonyl (C=O) groups is 2. The van der Waals surface area contributed by atoms with Crippen LogP contribution in [-0.2, 0) is 19.1 Å². The minimum Gasteiger partial charge on any atom is -0.469 e. The zero-order valence-corrected chi connectivity index (χ0v) is 17.8. The van der Waals surface area contributed by atoms with Gasteiger partial charge in [0.25, 0.3) is 0 Å². The van der Waals surface area contributed by atoms with Crippen LogP contribution < -0.4 is 0 Å².